The van der Waals surface area contributed by atoms with E-state index in [0.29, 0.717) is 6.44 Å². The first-order chi connectivity index (χ1) is 5.33. The van der Waals surface area contributed by atoms with E-state index in [2.05, 4.69) is 5.32 Å². The van der Waals surface area contributed by atoms with Gasteiger partial charge in [0.05, 0.1) is 0 Å². The molecular formula is C7H14BNO2. The van der Waals surface area contributed by atoms with Crippen LogP contribution in [0, 0.1) is 5.41 Å². The summed E-state index contributed by atoms with van der Waals surface area (Å²) in [6, 6.07) is 0. The zero-order chi connectivity index (χ0) is 8.16. The van der Waals surface area contributed by atoms with Crippen molar-refractivity contribution in [3.63, 3.8) is 0 Å². The molecule has 1 fully saturated rings. The number of nitrogens with one attached hydrogen (secondary N) is 1. The third kappa shape index (κ3) is 2.10. The van der Waals surface area contributed by atoms with Gasteiger partial charge in [-0.3, -0.25) is 0 Å². The molecule has 0 spiro atoms. The van der Waals surface area contributed by atoms with E-state index in [9.17, 15) is 4.70 Å². The van der Waals surface area contributed by atoms with E-state index in [1.54, 1.807) is 0 Å². The predicted octanol–water partition coefficient (Wildman–Crippen LogP) is -0.254. The van der Waals surface area contributed by atoms with Crippen LogP contribution in [0.25, 0.3) is 0 Å². The van der Waals surface area contributed by atoms with Crippen molar-refractivity contribution in [3.05, 3.63) is 0 Å². The van der Waals surface area contributed by atoms with Gasteiger partial charge in [-0.1, -0.05) is 0 Å². The molecule has 1 saturated carbocycles. The van der Waals surface area contributed by atoms with Crippen molar-refractivity contribution in [2.45, 2.75) is 19.3 Å². The molecule has 0 bridgehead atoms. The van der Waals surface area contributed by atoms with Crippen molar-refractivity contribution in [1.29, 1.82) is 0 Å². The summed E-state index contributed by atoms with van der Waals surface area (Å²) in [6.07, 6.45) is 3.80. The Morgan fingerprint density at radius 3 is 2.64 bits per heavy atom. The van der Waals surface area contributed by atoms with Crippen LogP contribution in [0.5, 0.6) is 0 Å². The van der Waals surface area contributed by atoms with Gasteiger partial charge in [0, 0.05) is 0 Å². The number of hydrogen-bond acceptors (Lipinski definition) is 3. The average molecular weight is 155 g/mol. The van der Waals surface area contributed by atoms with Gasteiger partial charge in [-0.2, -0.15) is 0 Å². The minimum atomic E-state index is 0.100. The molecule has 0 aromatic carbocycles. The molecule has 1 rings (SSSR count). The molecule has 2 N–H and O–H groups in total. The second-order valence-corrected chi connectivity index (χ2v) is 3.31. The van der Waals surface area contributed by atoms with Crippen LogP contribution in [0.15, 0.2) is 0 Å². The maximum atomic E-state index is 9.96. The molecule has 0 aromatic heterocycles. The van der Waals surface area contributed by atoms with Gasteiger partial charge in [-0.25, -0.2) is 0 Å². The number of hydrogen-bond donors (Lipinski definition) is 2. The van der Waals surface area contributed by atoms with E-state index in [4.69, 9.17) is 5.11 Å². The van der Waals surface area contributed by atoms with Crippen LogP contribution in [-0.2, 0) is 4.70 Å². The fraction of sp³-hybridized carbons (Fsp3) is 1.00. The molecule has 0 atom stereocenters. The first kappa shape index (κ1) is 8.88. The molecule has 3 nitrogen and oxygen atoms in total. The van der Waals surface area contributed by atoms with Crippen LogP contribution in [0.3, 0.4) is 0 Å². The Bertz CT molecular complexity index is 131. The SMILES string of the molecule is O=BCNCC1(CO)CCC1. The molecule has 62 valence electrons. The van der Waals surface area contributed by atoms with Crippen LogP contribution in [0.1, 0.15) is 19.3 Å². The van der Waals surface area contributed by atoms with Gasteiger partial charge >= 0.3 is 66.6 Å². The minimum absolute atomic E-state index is 0.100. The summed E-state index contributed by atoms with van der Waals surface area (Å²) < 4.78 is 9.96. The molecule has 0 radical (unpaired) electrons. The molecule has 0 aliphatic heterocycles. The third-order valence-corrected chi connectivity index (χ3v) is 2.48. The summed E-state index contributed by atoms with van der Waals surface area (Å²) in [7, 11) is 0.851. The Labute approximate surface area is 67.4 Å². The van der Waals surface area contributed by atoms with Crippen molar-refractivity contribution < 1.29 is 9.81 Å². The van der Waals surface area contributed by atoms with E-state index < -0.39 is 0 Å². The van der Waals surface area contributed by atoms with Crippen molar-refractivity contribution >= 4 is 7.15 Å². The molecule has 0 aromatic rings. The van der Waals surface area contributed by atoms with Crippen LogP contribution in [0.2, 0.25) is 0 Å². The molecule has 4 heteroatoms. The van der Waals surface area contributed by atoms with Crippen molar-refractivity contribution in [3.8, 4) is 0 Å². The molecule has 0 unspecified atom stereocenters. The Balaban J connectivity index is 2.16. The predicted molar refractivity (Wildman–Crippen MR) is 42.7 cm³/mol. The first-order valence-corrected chi connectivity index (χ1v) is 4.08. The van der Waals surface area contributed by atoms with E-state index in [-0.39, 0.29) is 12.0 Å². The summed E-state index contributed by atoms with van der Waals surface area (Å²) in [4.78, 5) is 0. The Kier molecular flexibility index (Phi) is 3.21. The van der Waals surface area contributed by atoms with Gasteiger partial charge in [-0.15, -0.1) is 0 Å². The average Bonchev–Trinajstić information content (AvgIpc) is 1.95. The fourth-order valence-electron chi connectivity index (χ4n) is 1.46. The normalized spacial score (nSPS) is 20.5. The van der Waals surface area contributed by atoms with Crippen LogP contribution in [-0.4, -0.2) is 31.9 Å². The number of aliphatic hydroxyl groups is 1. The van der Waals surface area contributed by atoms with Crippen LogP contribution in [0.4, 0.5) is 0 Å². The van der Waals surface area contributed by atoms with Gasteiger partial charge in [0.2, 0.25) is 0 Å². The fourth-order valence-corrected chi connectivity index (χ4v) is 1.46. The van der Waals surface area contributed by atoms with Gasteiger partial charge in [0.15, 0.2) is 0 Å². The second kappa shape index (κ2) is 3.97. The summed E-state index contributed by atoms with van der Waals surface area (Å²) in [5, 5.41) is 12.0. The van der Waals surface area contributed by atoms with Gasteiger partial charge in [-0.05, 0) is 0 Å². The number of aliphatic hydroxyl groups excluding tert-OH is 1. The van der Waals surface area contributed by atoms with Crippen molar-refractivity contribution in [1.82, 2.24) is 5.32 Å². The van der Waals surface area contributed by atoms with E-state index in [1.807, 2.05) is 0 Å². The van der Waals surface area contributed by atoms with Gasteiger partial charge in [0.1, 0.15) is 0 Å². The van der Waals surface area contributed by atoms with Crippen molar-refractivity contribution in [2.24, 2.45) is 5.41 Å². The van der Waals surface area contributed by atoms with Gasteiger partial charge in [0.25, 0.3) is 0 Å². The van der Waals surface area contributed by atoms with E-state index >= 15 is 0 Å². The Hall–Kier alpha value is -0.215. The maximum absolute atomic E-state index is 9.96. The molecular weight excluding hydrogens is 141 g/mol. The Morgan fingerprint density at radius 2 is 2.27 bits per heavy atom. The zero-order valence-corrected chi connectivity index (χ0v) is 6.68. The molecule has 11 heavy (non-hydrogen) atoms. The first-order valence-electron chi connectivity index (χ1n) is 4.08. The zero-order valence-electron chi connectivity index (χ0n) is 6.68. The van der Waals surface area contributed by atoms with Gasteiger partial charge < -0.3 is 0 Å². The van der Waals surface area contributed by atoms with E-state index in [0.717, 1.165) is 26.5 Å². The molecule has 0 saturated heterocycles. The number of rotatable bonds is 5. The molecule has 1 aliphatic carbocycles. The second-order valence-electron chi connectivity index (χ2n) is 3.31. The summed E-state index contributed by atoms with van der Waals surface area (Å²) >= 11 is 0. The Morgan fingerprint density at radius 1 is 1.55 bits per heavy atom. The molecule has 0 amide bonds. The van der Waals surface area contributed by atoms with Crippen molar-refractivity contribution in [2.75, 3.05) is 19.6 Å². The standard InChI is InChI=1S/C7H14BNO2/c10-5-7(2-1-3-7)4-9-6-8-11/h9-10H,1-6H2. The molecule has 1 aliphatic rings. The molecule has 0 heterocycles. The quantitative estimate of drug-likeness (QED) is 0.425. The monoisotopic (exact) mass is 155 g/mol. The van der Waals surface area contributed by atoms with E-state index in [1.165, 1.54) is 6.42 Å². The topological polar surface area (TPSA) is 49.3 Å². The summed E-state index contributed by atoms with van der Waals surface area (Å²) in [5.74, 6) is 0. The third-order valence-electron chi connectivity index (χ3n) is 2.48. The summed E-state index contributed by atoms with van der Waals surface area (Å²) in [6.45, 7) is 1.03. The van der Waals surface area contributed by atoms with Crippen LogP contribution >= 0.6 is 0 Å². The van der Waals surface area contributed by atoms with Crippen LogP contribution < -0.4 is 5.32 Å². The summed E-state index contributed by atoms with van der Waals surface area (Å²) in [5.41, 5.74) is 0.100.